The summed E-state index contributed by atoms with van der Waals surface area (Å²) in [5.74, 6) is 0. The number of hydrogen-bond donors (Lipinski definition) is 0. The summed E-state index contributed by atoms with van der Waals surface area (Å²) >= 11 is 0. The molecule has 0 spiro atoms. The smallest absolute Gasteiger partial charge is 0.173 e. The van der Waals surface area contributed by atoms with Gasteiger partial charge in [0, 0.05) is 7.11 Å². The van der Waals surface area contributed by atoms with Crippen LogP contribution in [0.2, 0.25) is 32.2 Å². The average molecular weight is 327 g/mol. The van der Waals surface area contributed by atoms with Crippen molar-refractivity contribution in [2.45, 2.75) is 45.3 Å². The van der Waals surface area contributed by atoms with Crippen LogP contribution >= 0.6 is 0 Å². The van der Waals surface area contributed by atoms with E-state index in [9.17, 15) is 0 Å². The number of aryl methyl sites for hydroxylation is 1. The maximum atomic E-state index is 6.22. The second-order valence-corrected chi connectivity index (χ2v) is 13.4. The van der Waals surface area contributed by atoms with Crippen LogP contribution in [0, 0.1) is 0 Å². The Hall–Kier alpha value is -0.466. The van der Waals surface area contributed by atoms with E-state index < -0.39 is 17.4 Å². The molecule has 0 aliphatic carbocycles. The van der Waals surface area contributed by atoms with Gasteiger partial charge in [0.1, 0.15) is 0 Å². The van der Waals surface area contributed by atoms with Gasteiger partial charge in [-0.3, -0.25) is 0 Å². The topological polar surface area (TPSA) is 27.7 Å². The summed E-state index contributed by atoms with van der Waals surface area (Å²) in [7, 11) is -0.720. The minimum atomic E-state index is -1.49. The monoisotopic (exact) mass is 326 g/mol. The first-order valence-corrected chi connectivity index (χ1v) is 13.6. The molecule has 0 saturated heterocycles. The van der Waals surface area contributed by atoms with Crippen LogP contribution in [0.15, 0.2) is 24.3 Å². The van der Waals surface area contributed by atoms with Crippen LogP contribution in [0.1, 0.15) is 11.1 Å². The minimum Gasteiger partial charge on any atom is -0.458 e. The first-order chi connectivity index (χ1) is 9.93. The molecule has 1 rings (SSSR count). The average Bonchev–Trinajstić information content (AvgIpc) is 2.41. The lowest BCUT2D eigenvalue weighted by molar-refractivity contribution is 0.0616. The molecule has 0 atom stereocenters. The molecule has 21 heavy (non-hydrogen) atoms. The number of methoxy groups -OCH3 is 1. The number of hydrogen-bond acceptors (Lipinski definition) is 3. The van der Waals surface area contributed by atoms with Crippen LogP contribution in [0.3, 0.4) is 0 Å². The second-order valence-electron chi connectivity index (χ2n) is 6.29. The fraction of sp³-hybridized carbons (Fsp3) is 0.625. The van der Waals surface area contributed by atoms with E-state index in [1.54, 1.807) is 7.11 Å². The Morgan fingerprint density at radius 1 is 1.10 bits per heavy atom. The van der Waals surface area contributed by atoms with E-state index in [0.29, 0.717) is 19.8 Å². The summed E-state index contributed by atoms with van der Waals surface area (Å²) in [6.45, 7) is 11.1. The van der Waals surface area contributed by atoms with E-state index in [1.165, 1.54) is 17.2 Å². The van der Waals surface area contributed by atoms with Gasteiger partial charge in [-0.25, -0.2) is 0 Å². The molecular formula is C16H30O3Si2. The molecule has 1 aromatic carbocycles. The Kier molecular flexibility index (Phi) is 8.43. The van der Waals surface area contributed by atoms with Crippen molar-refractivity contribution in [3.05, 3.63) is 35.4 Å². The molecule has 0 saturated carbocycles. The van der Waals surface area contributed by atoms with E-state index in [0.717, 1.165) is 6.42 Å². The molecule has 0 N–H and O–H groups in total. The van der Waals surface area contributed by atoms with E-state index in [1.807, 2.05) is 0 Å². The fourth-order valence-corrected chi connectivity index (χ4v) is 8.82. The van der Waals surface area contributed by atoms with Crippen LogP contribution < -0.4 is 0 Å². The summed E-state index contributed by atoms with van der Waals surface area (Å²) in [6.07, 6.45) is 1.10. The molecular weight excluding hydrogens is 296 g/mol. The van der Waals surface area contributed by atoms with Crippen LogP contribution in [0.25, 0.3) is 0 Å². The van der Waals surface area contributed by atoms with Crippen molar-refractivity contribution in [1.82, 2.24) is 0 Å². The highest BCUT2D eigenvalue weighted by atomic mass is 28.4. The van der Waals surface area contributed by atoms with Crippen molar-refractivity contribution in [1.29, 1.82) is 0 Å². The summed E-state index contributed by atoms with van der Waals surface area (Å²) in [4.78, 5) is 0. The molecule has 1 aromatic rings. The van der Waals surface area contributed by atoms with Gasteiger partial charge in [-0.05, 0) is 49.8 Å². The van der Waals surface area contributed by atoms with Crippen LogP contribution in [0.5, 0.6) is 0 Å². The molecule has 0 amide bonds. The summed E-state index contributed by atoms with van der Waals surface area (Å²) in [5.41, 5.74) is 2.62. The molecule has 0 bridgehead atoms. The maximum absolute atomic E-state index is 6.22. The van der Waals surface area contributed by atoms with Gasteiger partial charge in [-0.15, -0.1) is 0 Å². The van der Waals surface area contributed by atoms with Gasteiger partial charge in [0.25, 0.3) is 0 Å². The van der Waals surface area contributed by atoms with Gasteiger partial charge >= 0.3 is 0 Å². The van der Waals surface area contributed by atoms with Gasteiger partial charge in [-0.1, -0.05) is 24.3 Å². The lowest BCUT2D eigenvalue weighted by Gasteiger charge is -2.25. The van der Waals surface area contributed by atoms with Crippen molar-refractivity contribution >= 4 is 17.4 Å². The maximum Gasteiger partial charge on any atom is 0.173 e. The van der Waals surface area contributed by atoms with E-state index in [-0.39, 0.29) is 0 Å². The normalized spacial score (nSPS) is 12.1. The standard InChI is InChI=1S/C16H30O3Si2/c1-17-10-11-18-14-16-8-6-7-15(13-16)9-12-21(4,5)19-20(2)3/h6-8,13,20H,9-12,14H2,1-5H3. The molecule has 0 unspecified atom stereocenters. The van der Waals surface area contributed by atoms with Gasteiger partial charge in [-0.2, -0.15) is 0 Å². The van der Waals surface area contributed by atoms with Gasteiger partial charge in [0.2, 0.25) is 0 Å². The lowest BCUT2D eigenvalue weighted by Crippen LogP contribution is -2.35. The SMILES string of the molecule is COCCOCc1cccc(CC[Si](C)(C)O[SiH](C)C)c1. The third-order valence-corrected chi connectivity index (χ3v) is 9.15. The van der Waals surface area contributed by atoms with E-state index >= 15 is 0 Å². The molecule has 0 aromatic heterocycles. The number of rotatable bonds is 10. The minimum absolute atomic E-state index is 0.646. The Morgan fingerprint density at radius 2 is 1.81 bits per heavy atom. The van der Waals surface area contributed by atoms with Crippen molar-refractivity contribution < 1.29 is 13.6 Å². The Labute approximate surface area is 132 Å². The molecule has 3 nitrogen and oxygen atoms in total. The number of ether oxygens (including phenoxy) is 2. The van der Waals surface area contributed by atoms with E-state index in [4.69, 9.17) is 13.6 Å². The zero-order chi connectivity index (χ0) is 15.7. The Bertz CT molecular complexity index is 408. The molecule has 0 fully saturated rings. The third kappa shape index (κ3) is 8.53. The first-order valence-electron chi connectivity index (χ1n) is 7.75. The zero-order valence-electron chi connectivity index (χ0n) is 14.1. The Balaban J connectivity index is 2.45. The summed E-state index contributed by atoms with van der Waals surface area (Å²) in [5, 5.41) is 0. The largest absolute Gasteiger partial charge is 0.458 e. The lowest BCUT2D eigenvalue weighted by atomic mass is 10.1. The van der Waals surface area contributed by atoms with E-state index in [2.05, 4.69) is 50.5 Å². The van der Waals surface area contributed by atoms with Gasteiger partial charge in [0.15, 0.2) is 17.4 Å². The summed E-state index contributed by atoms with van der Waals surface area (Å²) in [6, 6.07) is 9.89. The van der Waals surface area contributed by atoms with Crippen molar-refractivity contribution in [2.75, 3.05) is 20.3 Å². The highest BCUT2D eigenvalue weighted by Crippen LogP contribution is 2.17. The number of benzene rings is 1. The van der Waals surface area contributed by atoms with Crippen molar-refractivity contribution in [2.24, 2.45) is 0 Å². The molecule has 0 heterocycles. The zero-order valence-corrected chi connectivity index (χ0v) is 16.3. The fourth-order valence-electron chi connectivity index (χ4n) is 2.35. The van der Waals surface area contributed by atoms with Crippen molar-refractivity contribution in [3.63, 3.8) is 0 Å². The predicted molar refractivity (Wildman–Crippen MR) is 93.9 cm³/mol. The first kappa shape index (κ1) is 18.6. The predicted octanol–water partition coefficient (Wildman–Crippen LogP) is 3.60. The highest BCUT2D eigenvalue weighted by molar-refractivity contribution is 6.77. The van der Waals surface area contributed by atoms with Crippen molar-refractivity contribution in [3.8, 4) is 0 Å². The van der Waals surface area contributed by atoms with Crippen LogP contribution in [-0.2, 0) is 26.6 Å². The third-order valence-electron chi connectivity index (χ3n) is 3.26. The molecule has 0 aliphatic rings. The Morgan fingerprint density at radius 3 is 2.48 bits per heavy atom. The molecule has 0 aliphatic heterocycles. The molecule has 0 radical (unpaired) electrons. The van der Waals surface area contributed by atoms with Crippen LogP contribution in [-0.4, -0.2) is 37.7 Å². The van der Waals surface area contributed by atoms with Crippen LogP contribution in [0.4, 0.5) is 0 Å². The molecule has 120 valence electrons. The summed E-state index contributed by atoms with van der Waals surface area (Å²) < 4.78 is 16.8. The highest BCUT2D eigenvalue weighted by Gasteiger charge is 2.23. The quantitative estimate of drug-likeness (QED) is 0.486. The second kappa shape index (κ2) is 9.53. The molecule has 5 heteroatoms. The van der Waals surface area contributed by atoms with Gasteiger partial charge in [0.05, 0.1) is 19.8 Å². The van der Waals surface area contributed by atoms with Gasteiger partial charge < -0.3 is 13.6 Å².